The lowest BCUT2D eigenvalue weighted by Gasteiger charge is -2.34. The van der Waals surface area contributed by atoms with Gasteiger partial charge in [0.25, 0.3) is 0 Å². The zero-order chi connectivity index (χ0) is 20.6. The Kier molecular flexibility index (Phi) is 5.58. The van der Waals surface area contributed by atoms with Crippen LogP contribution in [0.5, 0.6) is 5.75 Å². The molecule has 2 aromatic rings. The molecule has 1 saturated heterocycles. The molecule has 1 N–H and O–H groups in total. The molecule has 4 nitrogen and oxygen atoms in total. The van der Waals surface area contributed by atoms with Crippen LogP contribution in [0.25, 0.3) is 11.1 Å². The number of carbonyl (C=O) groups excluding carboxylic acids is 1. The average molecular weight is 414 g/mol. The van der Waals surface area contributed by atoms with E-state index < -0.39 is 0 Å². The SMILES string of the molecule is Cc1cc2c(c(-c3ccc(Cl)cc3)c1)OC(CNC(=O)C1CCOC(C)(C)C1)C2. The van der Waals surface area contributed by atoms with Crippen LogP contribution in [0.15, 0.2) is 36.4 Å². The molecule has 154 valence electrons. The number of halogens is 1. The minimum Gasteiger partial charge on any atom is -0.487 e. The maximum absolute atomic E-state index is 12.7. The number of rotatable bonds is 4. The second kappa shape index (κ2) is 8.00. The fraction of sp³-hybridized carbons (Fsp3) is 0.458. The fourth-order valence-electron chi connectivity index (χ4n) is 4.36. The van der Waals surface area contributed by atoms with E-state index in [2.05, 4.69) is 24.4 Å². The highest BCUT2D eigenvalue weighted by Crippen LogP contribution is 2.40. The molecule has 2 aliphatic heterocycles. The first-order chi connectivity index (χ1) is 13.8. The van der Waals surface area contributed by atoms with Crippen LogP contribution >= 0.6 is 11.6 Å². The highest BCUT2D eigenvalue weighted by atomic mass is 35.5. The van der Waals surface area contributed by atoms with Gasteiger partial charge in [-0.2, -0.15) is 0 Å². The van der Waals surface area contributed by atoms with Gasteiger partial charge in [-0.15, -0.1) is 0 Å². The van der Waals surface area contributed by atoms with Gasteiger partial charge in [0.1, 0.15) is 11.9 Å². The number of hydrogen-bond acceptors (Lipinski definition) is 3. The van der Waals surface area contributed by atoms with Gasteiger partial charge in [-0.25, -0.2) is 0 Å². The zero-order valence-corrected chi connectivity index (χ0v) is 18.0. The van der Waals surface area contributed by atoms with Crippen LogP contribution in [-0.4, -0.2) is 30.8 Å². The summed E-state index contributed by atoms with van der Waals surface area (Å²) >= 11 is 6.04. The first kappa shape index (κ1) is 20.2. The number of amides is 1. The Balaban J connectivity index is 1.43. The predicted octanol–water partition coefficient (Wildman–Crippen LogP) is 4.94. The third kappa shape index (κ3) is 4.59. The molecule has 2 unspecified atom stereocenters. The monoisotopic (exact) mass is 413 g/mol. The number of aryl methyl sites for hydroxylation is 1. The lowest BCUT2D eigenvalue weighted by Crippen LogP contribution is -2.43. The van der Waals surface area contributed by atoms with Crippen LogP contribution in [0.1, 0.15) is 37.8 Å². The lowest BCUT2D eigenvalue weighted by atomic mass is 9.88. The van der Waals surface area contributed by atoms with Crippen molar-refractivity contribution in [2.75, 3.05) is 13.2 Å². The summed E-state index contributed by atoms with van der Waals surface area (Å²) in [7, 11) is 0. The number of fused-ring (bicyclic) bond motifs is 1. The second-order valence-electron chi connectivity index (χ2n) is 8.79. The fourth-order valence-corrected chi connectivity index (χ4v) is 4.49. The molecule has 5 heteroatoms. The first-order valence-corrected chi connectivity index (χ1v) is 10.7. The maximum atomic E-state index is 12.7. The van der Waals surface area contributed by atoms with E-state index in [4.69, 9.17) is 21.1 Å². The standard InChI is InChI=1S/C24H28ClNO3/c1-15-10-18-12-20(14-26-23(27)17-8-9-28-24(2,3)13-17)29-22(18)21(11-15)16-4-6-19(25)7-5-16/h4-7,10-11,17,20H,8-9,12-14H2,1-3H3,(H,26,27). The summed E-state index contributed by atoms with van der Waals surface area (Å²) in [6.07, 6.45) is 2.29. The highest BCUT2D eigenvalue weighted by molar-refractivity contribution is 6.30. The number of nitrogens with one attached hydrogen (secondary N) is 1. The zero-order valence-electron chi connectivity index (χ0n) is 17.3. The Morgan fingerprint density at radius 1 is 1.24 bits per heavy atom. The topological polar surface area (TPSA) is 47.6 Å². The van der Waals surface area contributed by atoms with Crippen LogP contribution in [0.2, 0.25) is 5.02 Å². The van der Waals surface area contributed by atoms with Gasteiger partial charge in [-0.3, -0.25) is 4.79 Å². The van der Waals surface area contributed by atoms with Gasteiger partial charge in [0.05, 0.1) is 12.1 Å². The minimum absolute atomic E-state index is 0.00870. The Labute approximate surface area is 177 Å². The molecule has 29 heavy (non-hydrogen) atoms. The van der Waals surface area contributed by atoms with Crippen molar-refractivity contribution in [3.8, 4) is 16.9 Å². The van der Waals surface area contributed by atoms with Crippen molar-refractivity contribution in [1.29, 1.82) is 0 Å². The smallest absolute Gasteiger partial charge is 0.223 e. The van der Waals surface area contributed by atoms with Crippen molar-refractivity contribution >= 4 is 17.5 Å². The average Bonchev–Trinajstić information content (AvgIpc) is 3.08. The number of hydrogen-bond donors (Lipinski definition) is 1. The Hall–Kier alpha value is -2.04. The predicted molar refractivity (Wildman–Crippen MR) is 116 cm³/mol. The Morgan fingerprint density at radius 3 is 2.72 bits per heavy atom. The van der Waals surface area contributed by atoms with Crippen LogP contribution in [0.4, 0.5) is 0 Å². The summed E-state index contributed by atoms with van der Waals surface area (Å²) < 4.78 is 12.0. The second-order valence-corrected chi connectivity index (χ2v) is 9.23. The third-order valence-electron chi connectivity index (χ3n) is 5.77. The lowest BCUT2D eigenvalue weighted by molar-refractivity contribution is -0.135. The highest BCUT2D eigenvalue weighted by Gasteiger charge is 2.33. The molecule has 2 aliphatic rings. The van der Waals surface area contributed by atoms with Crippen LogP contribution in [0, 0.1) is 12.8 Å². The van der Waals surface area contributed by atoms with Gasteiger partial charge in [0.15, 0.2) is 0 Å². The van der Waals surface area contributed by atoms with E-state index in [1.807, 2.05) is 38.1 Å². The van der Waals surface area contributed by atoms with E-state index in [1.165, 1.54) is 11.1 Å². The number of ether oxygens (including phenoxy) is 2. The van der Waals surface area contributed by atoms with Crippen molar-refractivity contribution < 1.29 is 14.3 Å². The van der Waals surface area contributed by atoms with Crippen LogP contribution in [0.3, 0.4) is 0 Å². The van der Waals surface area contributed by atoms with Crippen LogP contribution < -0.4 is 10.1 Å². The molecule has 0 spiro atoms. The maximum Gasteiger partial charge on any atom is 0.223 e. The molecular formula is C24H28ClNO3. The molecule has 0 radical (unpaired) electrons. The largest absolute Gasteiger partial charge is 0.487 e. The number of carbonyl (C=O) groups is 1. The molecule has 0 saturated carbocycles. The molecular weight excluding hydrogens is 386 g/mol. The molecule has 2 heterocycles. The van der Waals surface area contributed by atoms with E-state index in [-0.39, 0.29) is 23.5 Å². The normalized spacial score (nSPS) is 22.6. The summed E-state index contributed by atoms with van der Waals surface area (Å²) in [4.78, 5) is 12.7. The molecule has 2 atom stereocenters. The quantitative estimate of drug-likeness (QED) is 0.772. The van der Waals surface area contributed by atoms with Gasteiger partial charge in [0.2, 0.25) is 5.91 Å². The Bertz CT molecular complexity index is 907. The third-order valence-corrected chi connectivity index (χ3v) is 6.02. The van der Waals surface area contributed by atoms with Crippen molar-refractivity contribution in [2.45, 2.75) is 51.7 Å². The van der Waals surface area contributed by atoms with E-state index >= 15 is 0 Å². The first-order valence-electron chi connectivity index (χ1n) is 10.3. The van der Waals surface area contributed by atoms with Gasteiger partial charge >= 0.3 is 0 Å². The van der Waals surface area contributed by atoms with Crippen molar-refractivity contribution in [3.63, 3.8) is 0 Å². The van der Waals surface area contributed by atoms with Gasteiger partial charge in [0, 0.05) is 29.5 Å². The molecule has 1 fully saturated rings. The molecule has 0 aliphatic carbocycles. The minimum atomic E-state index is -0.231. The summed E-state index contributed by atoms with van der Waals surface area (Å²) in [5.74, 6) is 1.04. The van der Waals surface area contributed by atoms with Crippen LogP contribution in [-0.2, 0) is 16.0 Å². The van der Waals surface area contributed by atoms with Gasteiger partial charge in [-0.05, 0) is 68.5 Å². The Morgan fingerprint density at radius 2 is 2.00 bits per heavy atom. The van der Waals surface area contributed by atoms with Crippen molar-refractivity contribution in [2.24, 2.45) is 5.92 Å². The molecule has 1 amide bonds. The van der Waals surface area contributed by atoms with Crippen molar-refractivity contribution in [1.82, 2.24) is 5.32 Å². The molecule has 2 aromatic carbocycles. The summed E-state index contributed by atoms with van der Waals surface area (Å²) in [6, 6.07) is 12.2. The van der Waals surface area contributed by atoms with Gasteiger partial charge < -0.3 is 14.8 Å². The molecule has 0 bridgehead atoms. The van der Waals surface area contributed by atoms with E-state index in [1.54, 1.807) is 0 Å². The van der Waals surface area contributed by atoms with Gasteiger partial charge in [-0.1, -0.05) is 29.8 Å². The summed E-state index contributed by atoms with van der Waals surface area (Å²) in [5, 5.41) is 3.83. The van der Waals surface area contributed by atoms with Crippen molar-refractivity contribution in [3.05, 3.63) is 52.5 Å². The van der Waals surface area contributed by atoms with E-state index in [0.717, 1.165) is 41.2 Å². The summed E-state index contributed by atoms with van der Waals surface area (Å²) in [5.41, 5.74) is 4.33. The van der Waals surface area contributed by atoms with E-state index in [9.17, 15) is 4.79 Å². The molecule has 0 aromatic heterocycles. The summed E-state index contributed by atoms with van der Waals surface area (Å²) in [6.45, 7) is 7.35. The van der Waals surface area contributed by atoms with E-state index in [0.29, 0.717) is 13.2 Å². The number of benzene rings is 2. The molecule has 4 rings (SSSR count).